The molecule has 1 fully saturated rings. The SMILES string of the molecule is COCCn1nnnc1C(c1cc2cc(OC)ccc2[nH]c1=O)N1CCN(Cc2ccccc2)CC1. The van der Waals surface area contributed by atoms with Gasteiger partial charge in [0.2, 0.25) is 0 Å². The Bertz CT molecular complexity index is 1350. The molecule has 0 amide bonds. The number of tetrazole rings is 1. The quantitative estimate of drug-likeness (QED) is 0.381. The molecule has 1 aliphatic rings. The largest absolute Gasteiger partial charge is 0.497 e. The number of fused-ring (bicyclic) bond motifs is 1. The lowest BCUT2D eigenvalue weighted by molar-refractivity contribution is 0.0984. The molecule has 3 heterocycles. The van der Waals surface area contributed by atoms with Gasteiger partial charge in [0.25, 0.3) is 5.56 Å². The monoisotopic (exact) mass is 489 g/mol. The summed E-state index contributed by atoms with van der Waals surface area (Å²) in [6.45, 7) is 5.20. The van der Waals surface area contributed by atoms with Gasteiger partial charge in [0.1, 0.15) is 11.8 Å². The van der Waals surface area contributed by atoms with Crippen LogP contribution in [-0.4, -0.2) is 82.0 Å². The number of aromatic nitrogens is 5. The zero-order valence-corrected chi connectivity index (χ0v) is 20.6. The number of benzene rings is 2. The number of H-pyrrole nitrogens is 1. The van der Waals surface area contributed by atoms with Crippen molar-refractivity contribution in [3.05, 3.63) is 81.9 Å². The molecule has 0 aliphatic carbocycles. The second-order valence-corrected chi connectivity index (χ2v) is 8.96. The normalized spacial score (nSPS) is 15.8. The molecule has 0 bridgehead atoms. The summed E-state index contributed by atoms with van der Waals surface area (Å²) in [4.78, 5) is 21.2. The number of rotatable bonds is 9. The number of piperazine rings is 1. The van der Waals surface area contributed by atoms with Crippen LogP contribution in [0.2, 0.25) is 0 Å². The second-order valence-electron chi connectivity index (χ2n) is 8.96. The number of nitrogens with one attached hydrogen (secondary N) is 1. The lowest BCUT2D eigenvalue weighted by Gasteiger charge is -2.38. The molecule has 1 aliphatic heterocycles. The van der Waals surface area contributed by atoms with Gasteiger partial charge in [-0.3, -0.25) is 14.6 Å². The Morgan fingerprint density at radius 1 is 1.03 bits per heavy atom. The maximum absolute atomic E-state index is 13.4. The lowest BCUT2D eigenvalue weighted by Crippen LogP contribution is -2.48. The maximum atomic E-state index is 13.4. The van der Waals surface area contributed by atoms with Gasteiger partial charge in [0, 0.05) is 56.3 Å². The number of hydrogen-bond acceptors (Lipinski definition) is 8. The van der Waals surface area contributed by atoms with Crippen LogP contribution in [-0.2, 0) is 17.8 Å². The van der Waals surface area contributed by atoms with Crippen LogP contribution in [0, 0.1) is 0 Å². The van der Waals surface area contributed by atoms with E-state index >= 15 is 0 Å². The molecule has 1 N–H and O–H groups in total. The highest BCUT2D eigenvalue weighted by molar-refractivity contribution is 5.80. The molecular weight excluding hydrogens is 458 g/mol. The Kier molecular flexibility index (Phi) is 7.36. The van der Waals surface area contributed by atoms with Crippen molar-refractivity contribution in [2.45, 2.75) is 19.1 Å². The zero-order chi connectivity index (χ0) is 24.9. The summed E-state index contributed by atoms with van der Waals surface area (Å²) in [7, 11) is 3.28. The van der Waals surface area contributed by atoms with E-state index in [0.717, 1.165) is 49.4 Å². The van der Waals surface area contributed by atoms with Crippen LogP contribution in [0.5, 0.6) is 5.75 Å². The molecule has 0 radical (unpaired) electrons. The van der Waals surface area contributed by atoms with Crippen molar-refractivity contribution < 1.29 is 9.47 Å². The van der Waals surface area contributed by atoms with E-state index in [2.05, 4.69) is 54.6 Å². The first-order chi connectivity index (χ1) is 17.7. The van der Waals surface area contributed by atoms with Crippen LogP contribution < -0.4 is 10.3 Å². The number of hydrogen-bond donors (Lipinski definition) is 1. The van der Waals surface area contributed by atoms with Crippen LogP contribution in [0.4, 0.5) is 0 Å². The third-order valence-electron chi connectivity index (χ3n) is 6.71. The number of ether oxygens (including phenoxy) is 2. The van der Waals surface area contributed by atoms with E-state index in [-0.39, 0.29) is 5.56 Å². The van der Waals surface area contributed by atoms with E-state index in [1.165, 1.54) is 5.56 Å². The molecule has 0 saturated carbocycles. The summed E-state index contributed by atoms with van der Waals surface area (Å²) in [5, 5.41) is 13.4. The third kappa shape index (κ3) is 5.15. The predicted octanol–water partition coefficient (Wildman–Crippen LogP) is 2.08. The average molecular weight is 490 g/mol. The fraction of sp³-hybridized carbons (Fsp3) is 0.385. The molecule has 10 heteroatoms. The Morgan fingerprint density at radius 2 is 1.83 bits per heavy atom. The molecular formula is C26H31N7O3. The highest BCUT2D eigenvalue weighted by Gasteiger charge is 2.32. The van der Waals surface area contributed by atoms with Crippen LogP contribution in [0.3, 0.4) is 0 Å². The van der Waals surface area contributed by atoms with Gasteiger partial charge < -0.3 is 14.5 Å². The fourth-order valence-corrected chi connectivity index (χ4v) is 4.80. The minimum absolute atomic E-state index is 0.148. The van der Waals surface area contributed by atoms with Gasteiger partial charge in [-0.25, -0.2) is 4.68 Å². The smallest absolute Gasteiger partial charge is 0.253 e. The van der Waals surface area contributed by atoms with Gasteiger partial charge in [-0.2, -0.15) is 0 Å². The van der Waals surface area contributed by atoms with Crippen molar-refractivity contribution in [2.24, 2.45) is 0 Å². The molecule has 4 aromatic rings. The first-order valence-corrected chi connectivity index (χ1v) is 12.1. The van der Waals surface area contributed by atoms with Gasteiger partial charge in [-0.15, -0.1) is 5.10 Å². The van der Waals surface area contributed by atoms with E-state index in [1.807, 2.05) is 30.3 Å². The molecule has 36 heavy (non-hydrogen) atoms. The third-order valence-corrected chi connectivity index (χ3v) is 6.71. The van der Waals surface area contributed by atoms with Gasteiger partial charge in [0.05, 0.1) is 20.3 Å². The molecule has 1 unspecified atom stereocenters. The van der Waals surface area contributed by atoms with Crippen LogP contribution >= 0.6 is 0 Å². The second kappa shape index (κ2) is 11.0. The van der Waals surface area contributed by atoms with E-state index in [1.54, 1.807) is 18.9 Å². The van der Waals surface area contributed by atoms with Crippen LogP contribution in [0.1, 0.15) is 23.0 Å². The Balaban J connectivity index is 1.48. The first kappa shape index (κ1) is 24.1. The van der Waals surface area contributed by atoms with Crippen LogP contribution in [0.25, 0.3) is 10.9 Å². The van der Waals surface area contributed by atoms with E-state index in [9.17, 15) is 4.79 Å². The molecule has 188 valence electrons. The minimum atomic E-state index is -0.393. The topological polar surface area (TPSA) is 101 Å². The van der Waals surface area contributed by atoms with Crippen molar-refractivity contribution in [1.29, 1.82) is 0 Å². The van der Waals surface area contributed by atoms with Crippen molar-refractivity contribution in [1.82, 2.24) is 35.0 Å². The lowest BCUT2D eigenvalue weighted by atomic mass is 10.0. The number of pyridine rings is 1. The predicted molar refractivity (Wildman–Crippen MR) is 136 cm³/mol. The number of nitrogens with zero attached hydrogens (tertiary/aromatic N) is 6. The van der Waals surface area contributed by atoms with Gasteiger partial charge >= 0.3 is 0 Å². The molecule has 1 saturated heterocycles. The van der Waals surface area contributed by atoms with Crippen molar-refractivity contribution in [2.75, 3.05) is 47.0 Å². The molecule has 0 spiro atoms. The molecule has 1 atom stereocenters. The molecule has 2 aromatic carbocycles. The Morgan fingerprint density at radius 3 is 2.58 bits per heavy atom. The fourth-order valence-electron chi connectivity index (χ4n) is 4.80. The summed E-state index contributed by atoms with van der Waals surface area (Å²) in [6.07, 6.45) is 0. The first-order valence-electron chi connectivity index (χ1n) is 12.1. The highest BCUT2D eigenvalue weighted by Crippen LogP contribution is 2.29. The van der Waals surface area contributed by atoms with Crippen molar-refractivity contribution >= 4 is 10.9 Å². The van der Waals surface area contributed by atoms with Gasteiger partial charge in [-0.1, -0.05) is 30.3 Å². The molecule has 2 aromatic heterocycles. The summed E-state index contributed by atoms with van der Waals surface area (Å²) in [6, 6.07) is 17.7. The standard InChI is InChI=1S/C26H31N7O3/c1-35-15-14-33-25(28-29-30-33)24(22-17-20-16-21(36-2)8-9-23(20)27-26(22)34)32-12-10-31(11-13-32)18-19-6-4-3-5-7-19/h3-9,16-17,24H,10-15,18H2,1-2H3,(H,27,34). The average Bonchev–Trinajstić information content (AvgIpc) is 3.37. The van der Waals surface area contributed by atoms with Crippen LogP contribution in [0.15, 0.2) is 59.4 Å². The van der Waals surface area contributed by atoms with E-state index in [4.69, 9.17) is 9.47 Å². The Hall–Kier alpha value is -3.60. The number of methoxy groups -OCH3 is 2. The summed E-state index contributed by atoms with van der Waals surface area (Å²) in [5.41, 5.74) is 2.52. The maximum Gasteiger partial charge on any atom is 0.253 e. The zero-order valence-electron chi connectivity index (χ0n) is 20.6. The summed E-state index contributed by atoms with van der Waals surface area (Å²) in [5.74, 6) is 1.37. The summed E-state index contributed by atoms with van der Waals surface area (Å²) < 4.78 is 12.4. The molecule has 5 rings (SSSR count). The van der Waals surface area contributed by atoms with E-state index < -0.39 is 6.04 Å². The van der Waals surface area contributed by atoms with E-state index in [0.29, 0.717) is 24.5 Å². The number of aromatic amines is 1. The van der Waals surface area contributed by atoms with Crippen molar-refractivity contribution in [3.63, 3.8) is 0 Å². The highest BCUT2D eigenvalue weighted by atomic mass is 16.5. The minimum Gasteiger partial charge on any atom is -0.497 e. The van der Waals surface area contributed by atoms with Gasteiger partial charge in [0.15, 0.2) is 5.82 Å². The Labute approximate surface area is 209 Å². The molecule has 10 nitrogen and oxygen atoms in total. The van der Waals surface area contributed by atoms with Gasteiger partial charge in [-0.05, 0) is 40.3 Å². The van der Waals surface area contributed by atoms with Crippen molar-refractivity contribution in [3.8, 4) is 5.75 Å². The summed E-state index contributed by atoms with van der Waals surface area (Å²) >= 11 is 0.